The van der Waals surface area contributed by atoms with E-state index in [1.807, 2.05) is 25.1 Å². The summed E-state index contributed by atoms with van der Waals surface area (Å²) in [5.74, 6) is 0.977. The highest BCUT2D eigenvalue weighted by Crippen LogP contribution is 2.31. The number of aliphatic imine (C=N–C) groups is 1. The minimum Gasteiger partial charge on any atom is -0.357 e. The van der Waals surface area contributed by atoms with Crippen LogP contribution in [0.2, 0.25) is 0 Å². The van der Waals surface area contributed by atoms with Crippen molar-refractivity contribution in [3.8, 4) is 0 Å². The van der Waals surface area contributed by atoms with Gasteiger partial charge in [-0.1, -0.05) is 18.2 Å². The quantitative estimate of drug-likeness (QED) is 0.389. The highest BCUT2D eigenvalue weighted by Gasteiger charge is 2.24. The maximum Gasteiger partial charge on any atom is 0.225 e. The van der Waals surface area contributed by atoms with E-state index in [0.29, 0.717) is 13.0 Å². The van der Waals surface area contributed by atoms with Gasteiger partial charge < -0.3 is 16.0 Å². The average Bonchev–Trinajstić information content (AvgIpc) is 3.08. The summed E-state index contributed by atoms with van der Waals surface area (Å²) >= 11 is 1.72. The van der Waals surface area contributed by atoms with Gasteiger partial charge >= 0.3 is 0 Å². The molecule has 6 nitrogen and oxygen atoms in total. The average molecular weight is 386 g/mol. The lowest BCUT2D eigenvalue weighted by atomic mass is 9.91. The number of nitrogens with zero attached hydrogens (tertiary/aromatic N) is 2. The number of nitrogens with one attached hydrogen (secondary N) is 3. The Balaban J connectivity index is 1.55. The van der Waals surface area contributed by atoms with E-state index in [-0.39, 0.29) is 11.8 Å². The van der Waals surface area contributed by atoms with E-state index in [1.165, 1.54) is 5.01 Å². The van der Waals surface area contributed by atoms with Crippen LogP contribution in [-0.4, -0.2) is 36.5 Å². The first kappa shape index (κ1) is 19.4. The number of guanidine groups is 1. The van der Waals surface area contributed by atoms with E-state index in [2.05, 4.69) is 39.3 Å². The van der Waals surface area contributed by atoms with Gasteiger partial charge in [-0.15, -0.1) is 11.3 Å². The predicted octanol–water partition coefficient (Wildman–Crippen LogP) is 3.07. The van der Waals surface area contributed by atoms with E-state index >= 15 is 0 Å². The molecule has 0 saturated carbocycles. The van der Waals surface area contributed by atoms with Gasteiger partial charge in [0.25, 0.3) is 0 Å². The highest BCUT2D eigenvalue weighted by atomic mass is 32.1. The Morgan fingerprint density at radius 3 is 3.00 bits per heavy atom. The molecule has 1 aliphatic rings. The summed E-state index contributed by atoms with van der Waals surface area (Å²) < 4.78 is 0. The number of carbonyl (C=O) groups excluding carboxylic acids is 1. The molecule has 0 fully saturated rings. The summed E-state index contributed by atoms with van der Waals surface area (Å²) in [4.78, 5) is 21.2. The number of hydrogen-bond acceptors (Lipinski definition) is 4. The normalized spacial score (nSPS) is 16.6. The summed E-state index contributed by atoms with van der Waals surface area (Å²) in [6.45, 7) is 6.31. The second kappa shape index (κ2) is 9.50. The summed E-state index contributed by atoms with van der Waals surface area (Å²) in [5.41, 5.74) is 3.16. The minimum atomic E-state index is 0.0607. The van der Waals surface area contributed by atoms with Crippen molar-refractivity contribution in [1.82, 2.24) is 15.6 Å². The van der Waals surface area contributed by atoms with Crippen LogP contribution >= 0.6 is 11.3 Å². The molecule has 3 rings (SSSR count). The van der Waals surface area contributed by atoms with E-state index in [1.54, 1.807) is 11.3 Å². The third kappa shape index (κ3) is 5.53. The van der Waals surface area contributed by atoms with Gasteiger partial charge in [-0.2, -0.15) is 0 Å². The molecule has 144 valence electrons. The van der Waals surface area contributed by atoms with E-state index < -0.39 is 0 Å². The molecule has 1 unspecified atom stereocenters. The Kier molecular flexibility index (Phi) is 6.81. The SMILES string of the molecule is CCNC(=NCC1CC(=O)Nc2ccccc21)NCCCc1nc(C)cs1. The van der Waals surface area contributed by atoms with Crippen molar-refractivity contribution in [1.29, 1.82) is 0 Å². The second-order valence-electron chi connectivity index (χ2n) is 6.67. The number of aromatic nitrogens is 1. The van der Waals surface area contributed by atoms with Crippen LogP contribution in [0, 0.1) is 6.92 Å². The maximum atomic E-state index is 12.0. The predicted molar refractivity (Wildman–Crippen MR) is 112 cm³/mol. The fourth-order valence-corrected chi connectivity index (χ4v) is 3.99. The molecule has 0 saturated heterocycles. The zero-order valence-electron chi connectivity index (χ0n) is 15.9. The Morgan fingerprint density at radius 2 is 2.22 bits per heavy atom. The third-order valence-electron chi connectivity index (χ3n) is 4.45. The topological polar surface area (TPSA) is 78.4 Å². The molecule has 1 aliphatic heterocycles. The Morgan fingerprint density at radius 1 is 1.37 bits per heavy atom. The maximum absolute atomic E-state index is 12.0. The Hall–Kier alpha value is -2.41. The van der Waals surface area contributed by atoms with Crippen LogP contribution < -0.4 is 16.0 Å². The standard InChI is InChI=1S/C20H27N5OS/c1-3-21-20(22-10-6-9-19-24-14(2)13-27-19)23-12-15-11-18(26)25-17-8-5-4-7-16(15)17/h4-5,7-8,13,15H,3,6,9-12H2,1-2H3,(H,25,26)(H2,21,22,23). The molecule has 0 bridgehead atoms. The number of thiazole rings is 1. The first-order valence-corrected chi connectivity index (χ1v) is 10.4. The first-order chi connectivity index (χ1) is 13.2. The van der Waals surface area contributed by atoms with Gasteiger partial charge in [0, 0.05) is 48.6 Å². The van der Waals surface area contributed by atoms with Crippen LogP contribution in [-0.2, 0) is 11.2 Å². The molecule has 0 aliphatic carbocycles. The molecular weight excluding hydrogens is 358 g/mol. The lowest BCUT2D eigenvalue weighted by Gasteiger charge is -2.24. The molecule has 3 N–H and O–H groups in total. The van der Waals surface area contributed by atoms with Gasteiger partial charge in [0.1, 0.15) is 0 Å². The number of amides is 1. The van der Waals surface area contributed by atoms with Crippen LogP contribution in [0.15, 0.2) is 34.6 Å². The van der Waals surface area contributed by atoms with Crippen molar-refractivity contribution in [3.05, 3.63) is 45.9 Å². The van der Waals surface area contributed by atoms with Crippen LogP contribution in [0.25, 0.3) is 0 Å². The molecule has 1 atom stereocenters. The molecule has 1 aromatic heterocycles. The molecule has 0 spiro atoms. The number of benzene rings is 1. The fourth-order valence-electron chi connectivity index (χ4n) is 3.17. The molecule has 27 heavy (non-hydrogen) atoms. The van der Waals surface area contributed by atoms with Gasteiger partial charge in [-0.3, -0.25) is 9.79 Å². The van der Waals surface area contributed by atoms with Crippen molar-refractivity contribution >= 4 is 28.9 Å². The van der Waals surface area contributed by atoms with Crippen molar-refractivity contribution in [2.24, 2.45) is 4.99 Å². The van der Waals surface area contributed by atoms with Crippen molar-refractivity contribution in [2.45, 2.75) is 39.0 Å². The molecule has 2 aromatic rings. The van der Waals surface area contributed by atoms with E-state index in [4.69, 9.17) is 4.99 Å². The summed E-state index contributed by atoms with van der Waals surface area (Å²) in [6, 6.07) is 7.98. The molecule has 2 heterocycles. The number of hydrogen-bond donors (Lipinski definition) is 3. The van der Waals surface area contributed by atoms with Gasteiger partial charge in [-0.25, -0.2) is 4.98 Å². The Labute approximate surface area is 164 Å². The van der Waals surface area contributed by atoms with E-state index in [0.717, 1.165) is 48.8 Å². The minimum absolute atomic E-state index is 0.0607. The number of para-hydroxylation sites is 1. The second-order valence-corrected chi connectivity index (χ2v) is 7.61. The zero-order chi connectivity index (χ0) is 19.1. The number of fused-ring (bicyclic) bond motifs is 1. The highest BCUT2D eigenvalue weighted by molar-refractivity contribution is 7.09. The largest absolute Gasteiger partial charge is 0.357 e. The smallest absolute Gasteiger partial charge is 0.225 e. The van der Waals surface area contributed by atoms with Crippen molar-refractivity contribution < 1.29 is 4.79 Å². The molecular formula is C20H27N5OS. The van der Waals surface area contributed by atoms with Crippen molar-refractivity contribution in [3.63, 3.8) is 0 Å². The van der Waals surface area contributed by atoms with Gasteiger partial charge in [0.2, 0.25) is 5.91 Å². The van der Waals surface area contributed by atoms with Gasteiger partial charge in [0.15, 0.2) is 5.96 Å². The number of anilines is 1. The van der Waals surface area contributed by atoms with Crippen LogP contribution in [0.5, 0.6) is 0 Å². The molecule has 7 heteroatoms. The molecule has 1 amide bonds. The first-order valence-electron chi connectivity index (χ1n) is 9.47. The van der Waals surface area contributed by atoms with Gasteiger partial charge in [0.05, 0.1) is 11.6 Å². The summed E-state index contributed by atoms with van der Waals surface area (Å²) in [7, 11) is 0. The molecule has 1 aromatic carbocycles. The van der Waals surface area contributed by atoms with Gasteiger partial charge in [-0.05, 0) is 31.9 Å². The third-order valence-corrected chi connectivity index (χ3v) is 5.47. The number of aryl methyl sites for hydroxylation is 2. The van der Waals surface area contributed by atoms with Crippen LogP contribution in [0.1, 0.15) is 41.9 Å². The zero-order valence-corrected chi connectivity index (χ0v) is 16.7. The number of rotatable bonds is 7. The fraction of sp³-hybridized carbons (Fsp3) is 0.450. The van der Waals surface area contributed by atoms with Crippen LogP contribution in [0.4, 0.5) is 5.69 Å². The molecule has 0 radical (unpaired) electrons. The Bertz CT molecular complexity index is 801. The van der Waals surface area contributed by atoms with Crippen LogP contribution in [0.3, 0.4) is 0 Å². The number of carbonyl (C=O) groups is 1. The lowest BCUT2D eigenvalue weighted by Crippen LogP contribution is -2.38. The van der Waals surface area contributed by atoms with E-state index in [9.17, 15) is 4.79 Å². The monoisotopic (exact) mass is 385 g/mol. The summed E-state index contributed by atoms with van der Waals surface area (Å²) in [5, 5.41) is 12.9. The lowest BCUT2D eigenvalue weighted by molar-refractivity contribution is -0.116. The van der Waals surface area contributed by atoms with Crippen molar-refractivity contribution in [2.75, 3.05) is 25.0 Å². The summed E-state index contributed by atoms with van der Waals surface area (Å²) in [6.07, 6.45) is 2.45.